The van der Waals surface area contributed by atoms with Gasteiger partial charge < -0.3 is 4.74 Å². The predicted molar refractivity (Wildman–Crippen MR) is 145 cm³/mol. The highest BCUT2D eigenvalue weighted by atomic mass is 32.2. The van der Waals surface area contributed by atoms with E-state index < -0.39 is 27.8 Å². The van der Waals surface area contributed by atoms with Crippen LogP contribution >= 0.6 is 0 Å². The molecule has 0 saturated heterocycles. The number of rotatable bonds is 9. The molecule has 0 unspecified atom stereocenters. The molecule has 0 saturated carbocycles. The van der Waals surface area contributed by atoms with Crippen LogP contribution in [0.1, 0.15) is 39.4 Å². The van der Waals surface area contributed by atoms with E-state index in [1.54, 1.807) is 24.3 Å². The Morgan fingerprint density at radius 1 is 0.703 bits per heavy atom. The summed E-state index contributed by atoms with van der Waals surface area (Å²) in [6.45, 7) is 3.84. The minimum Gasteiger partial charge on any atom is -0.467 e. The van der Waals surface area contributed by atoms with Gasteiger partial charge in [0.15, 0.2) is 5.54 Å². The van der Waals surface area contributed by atoms with Crippen LogP contribution in [-0.2, 0) is 25.3 Å². The second kappa shape index (κ2) is 11.1. The van der Waals surface area contributed by atoms with Crippen molar-refractivity contribution in [1.29, 1.82) is 0 Å². The summed E-state index contributed by atoms with van der Waals surface area (Å²) in [5, 5.41) is 0. The van der Waals surface area contributed by atoms with Gasteiger partial charge in [-0.3, -0.25) is 0 Å². The second-order valence-corrected chi connectivity index (χ2v) is 10.4. The molecule has 2 N–H and O–H groups in total. The monoisotopic (exact) mass is 514 g/mol. The highest BCUT2D eigenvalue weighted by Gasteiger charge is 2.47. The first kappa shape index (κ1) is 26.3. The summed E-state index contributed by atoms with van der Waals surface area (Å²) < 4.78 is 38.4. The second-order valence-electron chi connectivity index (χ2n) is 8.95. The Hall–Kier alpha value is -3.78. The lowest BCUT2D eigenvalue weighted by Crippen LogP contribution is -2.56. The maximum absolute atomic E-state index is 13.9. The molecule has 0 bridgehead atoms. The number of nitrogens with one attached hydrogen (secondary N) is 2. The molecular formula is C30H30N2O4S. The van der Waals surface area contributed by atoms with Crippen LogP contribution in [0.5, 0.6) is 0 Å². The minimum absolute atomic E-state index is 0.440. The van der Waals surface area contributed by atoms with Crippen molar-refractivity contribution in [3.05, 3.63) is 143 Å². The van der Waals surface area contributed by atoms with Crippen molar-refractivity contribution in [2.75, 3.05) is 7.11 Å². The van der Waals surface area contributed by atoms with E-state index in [-0.39, 0.29) is 0 Å². The summed E-state index contributed by atoms with van der Waals surface area (Å²) in [6.07, 6.45) is 0. The molecule has 6 nitrogen and oxygen atoms in total. The summed E-state index contributed by atoms with van der Waals surface area (Å²) in [5.74, 6) is -0.749. The van der Waals surface area contributed by atoms with E-state index in [0.717, 1.165) is 22.3 Å². The van der Waals surface area contributed by atoms with Crippen molar-refractivity contribution in [1.82, 2.24) is 9.44 Å². The van der Waals surface area contributed by atoms with Gasteiger partial charge in [0.1, 0.15) is 0 Å². The topological polar surface area (TPSA) is 84.5 Å². The number of ether oxygens (including phenoxy) is 1. The quantitative estimate of drug-likeness (QED) is 0.310. The van der Waals surface area contributed by atoms with Crippen LogP contribution in [0.25, 0.3) is 0 Å². The molecule has 190 valence electrons. The van der Waals surface area contributed by atoms with E-state index in [1.165, 1.54) is 7.11 Å². The highest BCUT2D eigenvalue weighted by Crippen LogP contribution is 2.33. The molecule has 4 aromatic rings. The lowest BCUT2D eigenvalue weighted by molar-refractivity contribution is -0.146. The average Bonchev–Trinajstić information content (AvgIpc) is 2.92. The first-order valence-corrected chi connectivity index (χ1v) is 13.4. The van der Waals surface area contributed by atoms with Gasteiger partial charge in [-0.2, -0.15) is 17.9 Å². The molecule has 4 rings (SSSR count). The van der Waals surface area contributed by atoms with Crippen molar-refractivity contribution in [3.8, 4) is 0 Å². The Balaban J connectivity index is 1.84. The molecule has 0 aliphatic heterocycles. The fourth-order valence-corrected chi connectivity index (χ4v) is 5.69. The van der Waals surface area contributed by atoms with Crippen LogP contribution in [0.4, 0.5) is 0 Å². The van der Waals surface area contributed by atoms with Gasteiger partial charge in [-0.25, -0.2) is 4.79 Å². The molecule has 0 radical (unpaired) electrons. The Kier molecular flexibility index (Phi) is 7.88. The van der Waals surface area contributed by atoms with Gasteiger partial charge in [0, 0.05) is 0 Å². The maximum atomic E-state index is 13.9. The van der Waals surface area contributed by atoms with Gasteiger partial charge in [-0.05, 0) is 36.1 Å². The van der Waals surface area contributed by atoms with Gasteiger partial charge in [0.25, 0.3) is 10.2 Å². The van der Waals surface area contributed by atoms with Crippen molar-refractivity contribution >= 4 is 16.2 Å². The molecule has 7 heteroatoms. The molecular weight excluding hydrogens is 484 g/mol. The number of methoxy groups -OCH3 is 1. The Labute approximate surface area is 218 Å². The zero-order chi connectivity index (χ0) is 26.5. The van der Waals surface area contributed by atoms with Crippen molar-refractivity contribution in [2.45, 2.75) is 25.4 Å². The lowest BCUT2D eigenvalue weighted by Gasteiger charge is -2.33. The minimum atomic E-state index is -4.31. The van der Waals surface area contributed by atoms with E-state index in [4.69, 9.17) is 4.74 Å². The molecule has 0 fully saturated rings. The molecule has 0 aliphatic rings. The Bertz CT molecular complexity index is 1350. The number of carbonyl (C=O) groups excluding carboxylic acids is 1. The summed E-state index contributed by atoms with van der Waals surface area (Å²) in [4.78, 5) is 13.5. The van der Waals surface area contributed by atoms with Gasteiger partial charge in [-0.1, -0.05) is 120 Å². The average molecular weight is 515 g/mol. The SMILES string of the molecule is COC(=O)C(NS(=O)(=O)NC(c1ccccc1)c1ccccc1)(c1ccc(C)cc1)c1ccc(C)cc1. The number of carbonyl (C=O) groups is 1. The number of esters is 1. The van der Waals surface area contributed by atoms with Crippen LogP contribution in [0.3, 0.4) is 0 Å². The first-order valence-electron chi connectivity index (χ1n) is 11.9. The predicted octanol–water partition coefficient (Wildman–Crippen LogP) is 4.93. The summed E-state index contributed by atoms with van der Waals surface area (Å²) in [5.41, 5.74) is 2.52. The van der Waals surface area contributed by atoms with E-state index in [9.17, 15) is 13.2 Å². The third-order valence-electron chi connectivity index (χ3n) is 6.29. The first-order chi connectivity index (χ1) is 17.7. The summed E-state index contributed by atoms with van der Waals surface area (Å²) in [7, 11) is -3.06. The molecule has 0 aromatic heterocycles. The largest absolute Gasteiger partial charge is 0.467 e. The van der Waals surface area contributed by atoms with E-state index in [1.807, 2.05) is 98.8 Å². The Morgan fingerprint density at radius 3 is 1.49 bits per heavy atom. The van der Waals surface area contributed by atoms with Crippen molar-refractivity contribution in [2.24, 2.45) is 0 Å². The van der Waals surface area contributed by atoms with Crippen LogP contribution in [-0.4, -0.2) is 21.5 Å². The van der Waals surface area contributed by atoms with E-state index in [0.29, 0.717) is 11.1 Å². The van der Waals surface area contributed by atoms with Gasteiger partial charge in [0.05, 0.1) is 13.2 Å². The standard InChI is InChI=1S/C30H30N2O4S/c1-22-14-18-26(19-15-22)30(29(33)36-3,27-20-16-23(2)17-21-27)32-37(34,35)31-28(24-10-6-4-7-11-24)25-12-8-5-9-13-25/h4-21,28,31-32H,1-3H3. The van der Waals surface area contributed by atoms with Crippen LogP contribution in [0, 0.1) is 13.8 Å². The smallest absolute Gasteiger partial charge is 0.336 e. The highest BCUT2D eigenvalue weighted by molar-refractivity contribution is 7.87. The van der Waals surface area contributed by atoms with Gasteiger partial charge in [-0.15, -0.1) is 0 Å². The number of aryl methyl sites for hydroxylation is 2. The normalized spacial score (nSPS) is 11.9. The van der Waals surface area contributed by atoms with E-state index >= 15 is 0 Å². The molecule has 0 spiro atoms. The summed E-state index contributed by atoms with van der Waals surface area (Å²) >= 11 is 0. The summed E-state index contributed by atoms with van der Waals surface area (Å²) in [6, 6.07) is 32.2. The zero-order valence-corrected chi connectivity index (χ0v) is 21.8. The van der Waals surface area contributed by atoms with Crippen molar-refractivity contribution in [3.63, 3.8) is 0 Å². The number of hydrogen-bond acceptors (Lipinski definition) is 4. The molecule has 37 heavy (non-hydrogen) atoms. The van der Waals surface area contributed by atoms with Gasteiger partial charge >= 0.3 is 5.97 Å². The zero-order valence-electron chi connectivity index (χ0n) is 21.0. The van der Waals surface area contributed by atoms with Crippen LogP contribution < -0.4 is 9.44 Å². The third-order valence-corrected chi connectivity index (χ3v) is 7.41. The number of hydrogen-bond donors (Lipinski definition) is 2. The van der Waals surface area contributed by atoms with Crippen LogP contribution in [0.2, 0.25) is 0 Å². The fraction of sp³-hybridized carbons (Fsp3) is 0.167. The fourth-order valence-electron chi connectivity index (χ4n) is 4.33. The molecule has 4 aromatic carbocycles. The third kappa shape index (κ3) is 5.80. The number of benzene rings is 4. The van der Waals surface area contributed by atoms with Crippen LogP contribution in [0.15, 0.2) is 109 Å². The van der Waals surface area contributed by atoms with E-state index in [2.05, 4.69) is 9.44 Å². The molecule has 0 aliphatic carbocycles. The molecule has 0 amide bonds. The van der Waals surface area contributed by atoms with Crippen molar-refractivity contribution < 1.29 is 17.9 Å². The Morgan fingerprint density at radius 2 is 1.11 bits per heavy atom. The molecule has 0 heterocycles. The maximum Gasteiger partial charge on any atom is 0.336 e. The molecule has 0 atom stereocenters. The van der Waals surface area contributed by atoms with Gasteiger partial charge in [0.2, 0.25) is 0 Å². The lowest BCUT2D eigenvalue weighted by atomic mass is 9.83.